The first-order chi connectivity index (χ1) is 11.2. The fourth-order valence-corrected chi connectivity index (χ4v) is 4.21. The summed E-state index contributed by atoms with van der Waals surface area (Å²) >= 11 is 3.12. The van der Waals surface area contributed by atoms with Gasteiger partial charge in [0.1, 0.15) is 0 Å². The molecule has 1 aliphatic heterocycles. The Morgan fingerprint density at radius 3 is 2.87 bits per heavy atom. The molecule has 1 aliphatic rings. The summed E-state index contributed by atoms with van der Waals surface area (Å²) in [5, 5.41) is 11.3. The molecule has 1 fully saturated rings. The quantitative estimate of drug-likeness (QED) is 0.773. The number of amides is 1. The summed E-state index contributed by atoms with van der Waals surface area (Å²) in [4.78, 5) is 15.5. The number of carbonyl (C=O) groups excluding carboxylic acids is 1. The highest BCUT2D eigenvalue weighted by Gasteiger charge is 2.25. The number of hydrogen-bond acceptors (Lipinski definition) is 6. The van der Waals surface area contributed by atoms with Crippen molar-refractivity contribution in [2.75, 3.05) is 26.3 Å². The highest BCUT2D eigenvalue weighted by atomic mass is 32.2. The third-order valence-electron chi connectivity index (χ3n) is 3.73. The van der Waals surface area contributed by atoms with Gasteiger partial charge in [-0.3, -0.25) is 4.79 Å². The molecule has 0 saturated carbocycles. The zero-order valence-electron chi connectivity index (χ0n) is 13.3. The summed E-state index contributed by atoms with van der Waals surface area (Å²) in [6.45, 7) is 7.37. The molecule has 1 unspecified atom stereocenters. The van der Waals surface area contributed by atoms with E-state index < -0.39 is 0 Å². The maximum atomic E-state index is 12.5. The molecule has 1 atom stereocenters. The number of rotatable bonds is 5. The lowest BCUT2D eigenvalue weighted by molar-refractivity contribution is -0.134. The molecule has 1 amide bonds. The average molecular weight is 352 g/mol. The fourth-order valence-electron chi connectivity index (χ4n) is 2.50. The van der Waals surface area contributed by atoms with Crippen molar-refractivity contribution in [3.05, 3.63) is 17.5 Å². The lowest BCUT2D eigenvalue weighted by Crippen LogP contribution is -2.44. The van der Waals surface area contributed by atoms with Crippen LogP contribution in [0, 0.1) is 0 Å². The minimum absolute atomic E-state index is 0.140. The largest absolute Gasteiger partial charge is 0.378 e. The molecule has 0 aromatic carbocycles. The van der Waals surface area contributed by atoms with Crippen molar-refractivity contribution < 1.29 is 9.53 Å². The van der Waals surface area contributed by atoms with Gasteiger partial charge in [0.15, 0.2) is 11.0 Å². The number of hydrogen-bond donors (Lipinski definition) is 0. The number of nitrogens with zero attached hydrogens (tertiary/aromatic N) is 4. The first-order valence-corrected chi connectivity index (χ1v) is 9.47. The van der Waals surface area contributed by atoms with Crippen LogP contribution in [0.2, 0.25) is 0 Å². The number of ether oxygens (including phenoxy) is 1. The Morgan fingerprint density at radius 1 is 1.43 bits per heavy atom. The third kappa shape index (κ3) is 3.59. The van der Waals surface area contributed by atoms with Gasteiger partial charge in [0.05, 0.1) is 23.3 Å². The zero-order valence-corrected chi connectivity index (χ0v) is 14.9. The van der Waals surface area contributed by atoms with Gasteiger partial charge in [0, 0.05) is 19.6 Å². The SMILES string of the molecule is CCn1c(SC(C)C(=O)N2CCOCC2)nnc1-c1cccs1. The molecule has 0 N–H and O–H groups in total. The summed E-state index contributed by atoms with van der Waals surface area (Å²) in [5.74, 6) is 1.01. The molecular formula is C15H20N4O2S2. The minimum atomic E-state index is -0.182. The Balaban J connectivity index is 1.73. The molecular weight excluding hydrogens is 332 g/mol. The van der Waals surface area contributed by atoms with Gasteiger partial charge in [0.2, 0.25) is 5.91 Å². The van der Waals surface area contributed by atoms with Crippen molar-refractivity contribution in [1.29, 1.82) is 0 Å². The van der Waals surface area contributed by atoms with Crippen LogP contribution in [-0.4, -0.2) is 57.1 Å². The highest BCUT2D eigenvalue weighted by Crippen LogP contribution is 2.29. The second-order valence-corrected chi connectivity index (χ2v) is 7.48. The maximum Gasteiger partial charge on any atom is 0.236 e. The van der Waals surface area contributed by atoms with Crippen LogP contribution < -0.4 is 0 Å². The molecule has 2 aromatic heterocycles. The van der Waals surface area contributed by atoms with Gasteiger partial charge >= 0.3 is 0 Å². The molecule has 2 aromatic rings. The second-order valence-electron chi connectivity index (χ2n) is 5.23. The van der Waals surface area contributed by atoms with Crippen molar-refractivity contribution in [3.8, 4) is 10.7 Å². The predicted molar refractivity (Wildman–Crippen MR) is 91.7 cm³/mol. The molecule has 6 nitrogen and oxygen atoms in total. The average Bonchev–Trinajstić information content (AvgIpc) is 3.23. The summed E-state index contributed by atoms with van der Waals surface area (Å²) in [5.41, 5.74) is 0. The van der Waals surface area contributed by atoms with Crippen molar-refractivity contribution in [2.24, 2.45) is 0 Å². The van der Waals surface area contributed by atoms with Crippen molar-refractivity contribution in [3.63, 3.8) is 0 Å². The van der Waals surface area contributed by atoms with Gasteiger partial charge in [-0.05, 0) is 25.3 Å². The van der Waals surface area contributed by atoms with Crippen molar-refractivity contribution in [2.45, 2.75) is 30.8 Å². The van der Waals surface area contributed by atoms with Crippen LogP contribution in [0.15, 0.2) is 22.7 Å². The molecule has 3 rings (SSSR count). The van der Waals surface area contributed by atoms with Gasteiger partial charge in [0.25, 0.3) is 0 Å². The summed E-state index contributed by atoms with van der Waals surface area (Å²) in [7, 11) is 0. The first-order valence-electron chi connectivity index (χ1n) is 7.71. The van der Waals surface area contributed by atoms with Gasteiger partial charge in [-0.1, -0.05) is 17.8 Å². The monoisotopic (exact) mass is 352 g/mol. The van der Waals surface area contributed by atoms with Crippen molar-refractivity contribution >= 4 is 29.0 Å². The molecule has 23 heavy (non-hydrogen) atoms. The van der Waals surface area contributed by atoms with Crippen LogP contribution >= 0.6 is 23.1 Å². The zero-order chi connectivity index (χ0) is 16.2. The Bertz CT molecular complexity index is 650. The molecule has 0 aliphatic carbocycles. The molecule has 1 saturated heterocycles. The van der Waals surface area contributed by atoms with Crippen LogP contribution in [0.3, 0.4) is 0 Å². The van der Waals surface area contributed by atoms with E-state index in [1.54, 1.807) is 11.3 Å². The first kappa shape index (κ1) is 16.5. The van der Waals surface area contributed by atoms with E-state index in [9.17, 15) is 4.79 Å². The normalized spacial score (nSPS) is 16.5. The second kappa shape index (κ2) is 7.46. The van der Waals surface area contributed by atoms with Crippen LogP contribution in [0.5, 0.6) is 0 Å². The Morgan fingerprint density at radius 2 is 2.22 bits per heavy atom. The van der Waals surface area contributed by atoms with E-state index in [4.69, 9.17) is 4.74 Å². The van der Waals surface area contributed by atoms with Gasteiger partial charge in [-0.25, -0.2) is 0 Å². The Hall–Kier alpha value is -1.38. The molecule has 0 bridgehead atoms. The highest BCUT2D eigenvalue weighted by molar-refractivity contribution is 8.00. The van der Waals surface area contributed by atoms with Crippen LogP contribution in [0.25, 0.3) is 10.7 Å². The molecule has 0 spiro atoms. The van der Waals surface area contributed by atoms with Gasteiger partial charge in [-0.2, -0.15) is 0 Å². The smallest absolute Gasteiger partial charge is 0.236 e. The lowest BCUT2D eigenvalue weighted by atomic mass is 10.3. The molecule has 0 radical (unpaired) electrons. The number of thioether (sulfide) groups is 1. The molecule has 124 valence electrons. The van der Waals surface area contributed by atoms with Gasteiger partial charge in [-0.15, -0.1) is 21.5 Å². The number of morpholine rings is 1. The third-order valence-corrected chi connectivity index (χ3v) is 5.66. The van der Waals surface area contributed by atoms with E-state index in [0.717, 1.165) is 22.4 Å². The summed E-state index contributed by atoms with van der Waals surface area (Å²) in [6, 6.07) is 4.05. The number of thiophene rings is 1. The van der Waals surface area contributed by atoms with E-state index in [2.05, 4.69) is 21.7 Å². The number of aromatic nitrogens is 3. The van der Waals surface area contributed by atoms with Crippen LogP contribution in [0.4, 0.5) is 0 Å². The fraction of sp³-hybridized carbons (Fsp3) is 0.533. The van der Waals surface area contributed by atoms with Crippen LogP contribution in [0.1, 0.15) is 13.8 Å². The predicted octanol–water partition coefficient (Wildman–Crippen LogP) is 2.37. The summed E-state index contributed by atoms with van der Waals surface area (Å²) in [6.07, 6.45) is 0. The van der Waals surface area contributed by atoms with E-state index in [0.29, 0.717) is 26.3 Å². The van der Waals surface area contributed by atoms with Crippen LogP contribution in [-0.2, 0) is 16.1 Å². The molecule has 8 heteroatoms. The Kier molecular flexibility index (Phi) is 5.34. The van der Waals surface area contributed by atoms with Crippen molar-refractivity contribution in [1.82, 2.24) is 19.7 Å². The van der Waals surface area contributed by atoms with E-state index in [1.165, 1.54) is 11.8 Å². The standard InChI is InChI=1S/C15H20N4O2S2/c1-3-19-13(12-5-4-10-22-12)16-17-15(19)23-11(2)14(20)18-6-8-21-9-7-18/h4-5,10-11H,3,6-9H2,1-2H3. The Labute approximate surface area is 143 Å². The summed E-state index contributed by atoms with van der Waals surface area (Å²) < 4.78 is 7.37. The maximum absolute atomic E-state index is 12.5. The molecule has 3 heterocycles. The van der Waals surface area contributed by atoms with E-state index in [-0.39, 0.29) is 11.2 Å². The lowest BCUT2D eigenvalue weighted by Gasteiger charge is -2.28. The topological polar surface area (TPSA) is 60.2 Å². The minimum Gasteiger partial charge on any atom is -0.378 e. The number of carbonyl (C=O) groups is 1. The van der Waals surface area contributed by atoms with Gasteiger partial charge < -0.3 is 14.2 Å². The van der Waals surface area contributed by atoms with E-state index in [1.807, 2.05) is 29.3 Å². The van der Waals surface area contributed by atoms with E-state index >= 15 is 0 Å².